The molecule has 136 valence electrons. The molecule has 0 saturated carbocycles. The molecule has 4 aromatic rings. The van der Waals surface area contributed by atoms with Crippen LogP contribution in [0.2, 0.25) is 0 Å². The number of carbonyl (C=O) groups is 1. The van der Waals surface area contributed by atoms with Crippen LogP contribution in [0.15, 0.2) is 45.6 Å². The van der Waals surface area contributed by atoms with E-state index in [1.165, 1.54) is 11.3 Å². The zero-order valence-electron chi connectivity index (χ0n) is 14.4. The number of rotatable bonds is 5. The fraction of sp³-hybridized carbons (Fsp3) is 0.118. The molecule has 27 heavy (non-hydrogen) atoms. The first-order valence-corrected chi connectivity index (χ1v) is 8.76. The molecule has 2 N–H and O–H groups in total. The van der Waals surface area contributed by atoms with Crippen molar-refractivity contribution in [2.45, 2.75) is 13.8 Å². The van der Waals surface area contributed by atoms with E-state index in [2.05, 4.69) is 31.0 Å². The summed E-state index contributed by atoms with van der Waals surface area (Å²) in [6.45, 7) is 3.62. The number of amides is 1. The van der Waals surface area contributed by atoms with Gasteiger partial charge in [0.2, 0.25) is 5.82 Å². The van der Waals surface area contributed by atoms with Gasteiger partial charge >= 0.3 is 6.01 Å². The lowest BCUT2D eigenvalue weighted by atomic mass is 10.3. The van der Waals surface area contributed by atoms with Crippen LogP contribution in [-0.4, -0.2) is 26.0 Å². The molecule has 4 heterocycles. The first kappa shape index (κ1) is 16.9. The first-order chi connectivity index (χ1) is 13.1. The Balaban J connectivity index is 1.44. The van der Waals surface area contributed by atoms with Crippen molar-refractivity contribution in [2.24, 2.45) is 0 Å². The molecule has 0 aliphatic carbocycles. The number of aryl methyl sites for hydroxylation is 2. The maximum atomic E-state index is 12.4. The third-order valence-corrected chi connectivity index (χ3v) is 4.77. The SMILES string of the molecule is Cc1ccc(-c2nc(C)c(C(=O)NNc3nc(-c4ccncc4)no3)s2)o1. The second-order valence-corrected chi connectivity index (χ2v) is 6.58. The standard InChI is InChI=1S/C17H14N6O3S/c1-9-3-4-12(25-9)16-19-10(2)13(27-16)15(24)21-22-17-20-14(23-26-17)11-5-7-18-8-6-11/h3-8H,1-2H3,(H,21,24)(H,20,22,23). The molecule has 0 unspecified atom stereocenters. The van der Waals surface area contributed by atoms with Crippen molar-refractivity contribution in [1.82, 2.24) is 25.5 Å². The average molecular weight is 382 g/mol. The van der Waals surface area contributed by atoms with Crippen molar-refractivity contribution in [3.05, 3.63) is 53.0 Å². The van der Waals surface area contributed by atoms with E-state index in [-0.39, 0.29) is 11.9 Å². The highest BCUT2D eigenvalue weighted by atomic mass is 32.1. The molecule has 0 aromatic carbocycles. The molecular formula is C17H14N6O3S. The maximum absolute atomic E-state index is 12.4. The minimum Gasteiger partial charge on any atom is -0.459 e. The third-order valence-electron chi connectivity index (χ3n) is 3.60. The summed E-state index contributed by atoms with van der Waals surface area (Å²) < 4.78 is 10.6. The van der Waals surface area contributed by atoms with Gasteiger partial charge in [-0.25, -0.2) is 10.4 Å². The van der Waals surface area contributed by atoms with Crippen LogP contribution in [0.5, 0.6) is 0 Å². The van der Waals surface area contributed by atoms with E-state index in [0.717, 1.165) is 11.3 Å². The quantitative estimate of drug-likeness (QED) is 0.505. The Kier molecular flexibility index (Phi) is 4.38. The summed E-state index contributed by atoms with van der Waals surface area (Å²) >= 11 is 1.24. The Labute approximate surface area is 157 Å². The number of hydrogen-bond acceptors (Lipinski definition) is 9. The van der Waals surface area contributed by atoms with Gasteiger partial charge in [-0.1, -0.05) is 5.16 Å². The van der Waals surface area contributed by atoms with Crippen LogP contribution < -0.4 is 10.9 Å². The van der Waals surface area contributed by atoms with Gasteiger partial charge in [-0.05, 0) is 38.1 Å². The summed E-state index contributed by atoms with van der Waals surface area (Å²) in [5, 5.41) is 4.49. The smallest absolute Gasteiger partial charge is 0.340 e. The van der Waals surface area contributed by atoms with Gasteiger partial charge < -0.3 is 8.94 Å². The summed E-state index contributed by atoms with van der Waals surface area (Å²) in [4.78, 5) is 25.4. The topological polar surface area (TPSA) is 119 Å². The van der Waals surface area contributed by atoms with E-state index >= 15 is 0 Å². The van der Waals surface area contributed by atoms with E-state index in [1.54, 1.807) is 31.5 Å². The number of pyridine rings is 1. The van der Waals surface area contributed by atoms with Gasteiger partial charge in [-0.3, -0.25) is 15.2 Å². The normalized spacial score (nSPS) is 10.7. The molecule has 0 atom stereocenters. The number of aromatic nitrogens is 4. The van der Waals surface area contributed by atoms with Gasteiger partial charge in [0.25, 0.3) is 5.91 Å². The molecule has 0 aliphatic heterocycles. The zero-order valence-corrected chi connectivity index (χ0v) is 15.2. The lowest BCUT2D eigenvalue weighted by Gasteiger charge is -2.02. The monoisotopic (exact) mass is 382 g/mol. The third kappa shape index (κ3) is 3.55. The van der Waals surface area contributed by atoms with Crippen LogP contribution in [0, 0.1) is 13.8 Å². The second kappa shape index (κ2) is 7.00. The zero-order chi connectivity index (χ0) is 18.8. The van der Waals surface area contributed by atoms with Crippen molar-refractivity contribution in [1.29, 1.82) is 0 Å². The van der Waals surface area contributed by atoms with Crippen molar-refractivity contribution in [2.75, 3.05) is 5.43 Å². The van der Waals surface area contributed by atoms with Crippen molar-refractivity contribution < 1.29 is 13.7 Å². The van der Waals surface area contributed by atoms with Crippen LogP contribution in [0.4, 0.5) is 6.01 Å². The predicted octanol–water partition coefficient (Wildman–Crippen LogP) is 3.22. The van der Waals surface area contributed by atoms with E-state index in [0.29, 0.717) is 27.2 Å². The molecule has 0 bridgehead atoms. The van der Waals surface area contributed by atoms with Crippen LogP contribution >= 0.6 is 11.3 Å². The van der Waals surface area contributed by atoms with Crippen molar-refractivity contribution in [3.8, 4) is 22.2 Å². The molecule has 4 rings (SSSR count). The molecular weight excluding hydrogens is 368 g/mol. The average Bonchev–Trinajstić information content (AvgIpc) is 3.40. The number of hydrogen-bond donors (Lipinski definition) is 2. The van der Waals surface area contributed by atoms with Gasteiger partial charge in [0.1, 0.15) is 10.6 Å². The largest absolute Gasteiger partial charge is 0.459 e. The second-order valence-electron chi connectivity index (χ2n) is 5.58. The molecule has 0 radical (unpaired) electrons. The van der Waals surface area contributed by atoms with Gasteiger partial charge in [-0.2, -0.15) is 4.98 Å². The number of carbonyl (C=O) groups excluding carboxylic acids is 1. The van der Waals surface area contributed by atoms with E-state index < -0.39 is 0 Å². The molecule has 0 saturated heterocycles. The predicted molar refractivity (Wildman–Crippen MR) is 97.9 cm³/mol. The number of hydrazine groups is 1. The van der Waals surface area contributed by atoms with Crippen LogP contribution in [0.1, 0.15) is 21.1 Å². The Hall–Kier alpha value is -3.53. The van der Waals surface area contributed by atoms with Crippen LogP contribution in [-0.2, 0) is 0 Å². The van der Waals surface area contributed by atoms with E-state index in [4.69, 9.17) is 8.94 Å². The minimum atomic E-state index is -0.358. The van der Waals surface area contributed by atoms with Crippen molar-refractivity contribution >= 4 is 23.3 Å². The Morgan fingerprint density at radius 3 is 2.67 bits per heavy atom. The number of anilines is 1. The number of thiazole rings is 1. The fourth-order valence-electron chi connectivity index (χ4n) is 2.32. The summed E-state index contributed by atoms with van der Waals surface area (Å²) in [6.07, 6.45) is 3.26. The minimum absolute atomic E-state index is 0.0687. The van der Waals surface area contributed by atoms with Gasteiger partial charge in [-0.15, -0.1) is 11.3 Å². The van der Waals surface area contributed by atoms with Crippen LogP contribution in [0.25, 0.3) is 22.2 Å². The molecule has 4 aromatic heterocycles. The number of furan rings is 1. The van der Waals surface area contributed by atoms with Crippen molar-refractivity contribution in [3.63, 3.8) is 0 Å². The highest BCUT2D eigenvalue weighted by Gasteiger charge is 2.18. The van der Waals surface area contributed by atoms with Gasteiger partial charge in [0.05, 0.1) is 5.69 Å². The Morgan fingerprint density at radius 1 is 1.11 bits per heavy atom. The summed E-state index contributed by atoms with van der Waals surface area (Å²) in [7, 11) is 0. The fourth-order valence-corrected chi connectivity index (χ4v) is 3.24. The van der Waals surface area contributed by atoms with E-state index in [9.17, 15) is 4.79 Å². The van der Waals surface area contributed by atoms with Gasteiger partial charge in [0.15, 0.2) is 10.8 Å². The number of nitrogens with one attached hydrogen (secondary N) is 2. The Morgan fingerprint density at radius 2 is 1.93 bits per heavy atom. The lowest BCUT2D eigenvalue weighted by molar-refractivity contribution is 0.0964. The Bertz CT molecular complexity index is 1090. The molecule has 0 fully saturated rings. The van der Waals surface area contributed by atoms with E-state index in [1.807, 2.05) is 19.1 Å². The molecule has 10 heteroatoms. The summed E-state index contributed by atoms with van der Waals surface area (Å²) in [5.74, 6) is 1.44. The highest BCUT2D eigenvalue weighted by molar-refractivity contribution is 7.17. The number of nitrogens with zero attached hydrogens (tertiary/aromatic N) is 4. The molecule has 0 spiro atoms. The van der Waals surface area contributed by atoms with Crippen LogP contribution in [0.3, 0.4) is 0 Å². The molecule has 0 aliphatic rings. The van der Waals surface area contributed by atoms with Gasteiger partial charge in [0, 0.05) is 18.0 Å². The lowest BCUT2D eigenvalue weighted by Crippen LogP contribution is -2.29. The summed E-state index contributed by atoms with van der Waals surface area (Å²) in [5.41, 5.74) is 6.50. The molecule has 9 nitrogen and oxygen atoms in total. The first-order valence-electron chi connectivity index (χ1n) is 7.95. The highest BCUT2D eigenvalue weighted by Crippen LogP contribution is 2.29. The summed E-state index contributed by atoms with van der Waals surface area (Å²) in [6, 6.07) is 7.26. The maximum Gasteiger partial charge on any atom is 0.340 e. The molecule has 1 amide bonds.